The Labute approximate surface area is 98.1 Å². The van der Waals surface area contributed by atoms with E-state index in [1.165, 1.54) is 11.1 Å². The lowest BCUT2D eigenvalue weighted by atomic mass is 9.87. The number of carbonyl (C=O) groups excluding carboxylic acids is 1. The fourth-order valence-corrected chi connectivity index (χ4v) is 2.24. The molecule has 0 radical (unpaired) electrons. The first-order valence-corrected chi connectivity index (χ1v) is 5.74. The van der Waals surface area contributed by atoms with Gasteiger partial charge in [0.1, 0.15) is 0 Å². The molecule has 0 atom stereocenters. The highest BCUT2D eigenvalue weighted by Gasteiger charge is 2.24. The molecular weight excluding hydrogens is 197 g/mol. The van der Waals surface area contributed by atoms with Crippen LogP contribution in [0.5, 0.6) is 0 Å². The van der Waals surface area contributed by atoms with Crippen molar-refractivity contribution in [2.45, 2.75) is 33.7 Å². The first-order valence-electron chi connectivity index (χ1n) is 5.74. The number of hydrogen-bond acceptors (Lipinski definition) is 1. The third-order valence-electron chi connectivity index (χ3n) is 2.89. The van der Waals surface area contributed by atoms with Crippen molar-refractivity contribution in [3.63, 3.8) is 0 Å². The Kier molecular flexibility index (Phi) is 2.57. The first-order chi connectivity index (χ1) is 7.37. The van der Waals surface area contributed by atoms with Crippen LogP contribution >= 0.6 is 0 Å². The van der Waals surface area contributed by atoms with Crippen molar-refractivity contribution in [1.29, 1.82) is 0 Å². The van der Waals surface area contributed by atoms with Gasteiger partial charge in [-0.25, -0.2) is 0 Å². The topological polar surface area (TPSA) is 20.3 Å². The molecule has 0 fully saturated rings. The molecule has 16 heavy (non-hydrogen) atoms. The van der Waals surface area contributed by atoms with Crippen molar-refractivity contribution in [3.8, 4) is 0 Å². The van der Waals surface area contributed by atoms with Crippen LogP contribution < -0.4 is 0 Å². The molecule has 3 heteroatoms. The Morgan fingerprint density at radius 1 is 1.38 bits per heavy atom. The minimum atomic E-state index is 0.150. The monoisotopic (exact) mass is 215 g/mol. The van der Waals surface area contributed by atoms with E-state index in [-0.39, 0.29) is 5.91 Å². The fourth-order valence-electron chi connectivity index (χ4n) is 2.24. The zero-order valence-corrected chi connectivity index (χ0v) is 10.5. The van der Waals surface area contributed by atoms with E-state index in [1.54, 1.807) is 4.81 Å². The van der Waals surface area contributed by atoms with Gasteiger partial charge in [0.05, 0.1) is 0 Å². The quantitative estimate of drug-likeness (QED) is 0.654. The summed E-state index contributed by atoms with van der Waals surface area (Å²) in [5.41, 5.74) is 3.67. The van der Waals surface area contributed by atoms with Crippen molar-refractivity contribution >= 4 is 13.9 Å². The van der Waals surface area contributed by atoms with Gasteiger partial charge in [-0.3, -0.25) is 4.79 Å². The lowest BCUT2D eigenvalue weighted by Crippen LogP contribution is -2.19. The van der Waals surface area contributed by atoms with Gasteiger partial charge in [0.2, 0.25) is 13.9 Å². The Hall–Kier alpha value is -1.25. The van der Waals surface area contributed by atoms with Gasteiger partial charge in [-0.05, 0) is 29.0 Å². The van der Waals surface area contributed by atoms with Gasteiger partial charge in [-0.1, -0.05) is 32.9 Å². The molecule has 0 unspecified atom stereocenters. The summed E-state index contributed by atoms with van der Waals surface area (Å²) in [6.45, 7) is 7.46. The van der Waals surface area contributed by atoms with Crippen LogP contribution in [-0.4, -0.2) is 18.7 Å². The number of amides is 1. The maximum atomic E-state index is 11.7. The van der Waals surface area contributed by atoms with Crippen LogP contribution in [0.15, 0.2) is 18.2 Å². The van der Waals surface area contributed by atoms with Crippen LogP contribution in [0, 0.1) is 5.41 Å². The summed E-state index contributed by atoms with van der Waals surface area (Å²) in [6.07, 6.45) is 1.05. The molecule has 1 aromatic carbocycles. The molecule has 1 aliphatic rings. The number of carbonyl (C=O) groups is 1. The normalized spacial score (nSPS) is 15.4. The molecule has 84 valence electrons. The molecule has 0 aliphatic carbocycles. The summed E-state index contributed by atoms with van der Waals surface area (Å²) in [4.78, 5) is 13.5. The van der Waals surface area contributed by atoms with E-state index in [9.17, 15) is 4.79 Å². The van der Waals surface area contributed by atoms with Gasteiger partial charge < -0.3 is 4.81 Å². The van der Waals surface area contributed by atoms with Crippen molar-refractivity contribution in [2.75, 3.05) is 0 Å². The highest BCUT2D eigenvalue weighted by molar-refractivity contribution is 6.19. The zero-order chi connectivity index (χ0) is 11.9. The second kappa shape index (κ2) is 3.65. The lowest BCUT2D eigenvalue weighted by molar-refractivity contribution is 0.0880. The summed E-state index contributed by atoms with van der Waals surface area (Å²) in [7, 11) is 1.85. The maximum Gasteiger partial charge on any atom is 0.241 e. The minimum Gasteiger partial charge on any atom is -0.386 e. The lowest BCUT2D eigenvalue weighted by Gasteiger charge is -2.18. The Bertz CT molecular complexity index is 434. The van der Waals surface area contributed by atoms with Crippen molar-refractivity contribution in [1.82, 2.24) is 4.81 Å². The minimum absolute atomic E-state index is 0.150. The average molecular weight is 215 g/mol. The second-order valence-corrected chi connectivity index (χ2v) is 5.89. The smallest absolute Gasteiger partial charge is 0.241 e. The van der Waals surface area contributed by atoms with Crippen LogP contribution in [0.3, 0.4) is 0 Å². The molecule has 2 rings (SSSR count). The number of fused-ring (bicyclic) bond motifs is 1. The molecule has 0 spiro atoms. The zero-order valence-electron chi connectivity index (χ0n) is 10.5. The van der Waals surface area contributed by atoms with Gasteiger partial charge in [0, 0.05) is 12.1 Å². The molecule has 1 aromatic rings. The number of benzene rings is 1. The Morgan fingerprint density at radius 2 is 2.06 bits per heavy atom. The summed E-state index contributed by atoms with van der Waals surface area (Å²) in [5, 5.41) is 0. The third kappa shape index (κ3) is 2.13. The predicted octanol–water partition coefficient (Wildman–Crippen LogP) is 1.78. The molecule has 0 N–H and O–H groups in total. The van der Waals surface area contributed by atoms with Crippen molar-refractivity contribution in [2.24, 2.45) is 5.41 Å². The summed E-state index contributed by atoms with van der Waals surface area (Å²) in [5.74, 6) is 0.150. The van der Waals surface area contributed by atoms with E-state index in [0.29, 0.717) is 5.41 Å². The van der Waals surface area contributed by atoms with E-state index in [4.69, 9.17) is 0 Å². The van der Waals surface area contributed by atoms with E-state index in [0.717, 1.165) is 18.5 Å². The van der Waals surface area contributed by atoms with E-state index in [1.807, 2.05) is 14.0 Å². The molecule has 0 saturated heterocycles. The highest BCUT2D eigenvalue weighted by Crippen LogP contribution is 2.26. The number of hydrogen-bond donors (Lipinski definition) is 0. The van der Waals surface area contributed by atoms with Crippen LogP contribution in [0.1, 0.15) is 42.3 Å². The fraction of sp³-hybridized carbons (Fsp3) is 0.462. The number of rotatable bonds is 1. The van der Waals surface area contributed by atoms with Gasteiger partial charge in [0.15, 0.2) is 0 Å². The van der Waals surface area contributed by atoms with Crippen LogP contribution in [0.25, 0.3) is 0 Å². The predicted molar refractivity (Wildman–Crippen MR) is 68.0 cm³/mol. The van der Waals surface area contributed by atoms with Crippen LogP contribution in [0.4, 0.5) is 0 Å². The molecule has 0 aromatic heterocycles. The molecule has 1 heterocycles. The molecule has 0 saturated carbocycles. The molecule has 1 aliphatic heterocycles. The summed E-state index contributed by atoms with van der Waals surface area (Å²) >= 11 is 0. The highest BCUT2D eigenvalue weighted by atomic mass is 16.2. The van der Waals surface area contributed by atoms with Gasteiger partial charge in [0.25, 0.3) is 0 Å². The standard InChI is InChI=1S/C13H18BNO/c1-13(2,3)7-9-4-5-11-10(6-9)8-15(14)12(11)16/h4-6H,7-8,14H2,1-3H3. The van der Waals surface area contributed by atoms with Gasteiger partial charge in [-0.15, -0.1) is 0 Å². The Balaban J connectivity index is 2.29. The van der Waals surface area contributed by atoms with Crippen molar-refractivity contribution < 1.29 is 4.79 Å². The average Bonchev–Trinajstić information content (AvgIpc) is 2.40. The van der Waals surface area contributed by atoms with Crippen LogP contribution in [-0.2, 0) is 13.0 Å². The Morgan fingerprint density at radius 3 is 2.69 bits per heavy atom. The van der Waals surface area contributed by atoms with Crippen LogP contribution in [0.2, 0.25) is 0 Å². The van der Waals surface area contributed by atoms with E-state index >= 15 is 0 Å². The van der Waals surface area contributed by atoms with Gasteiger partial charge >= 0.3 is 0 Å². The third-order valence-corrected chi connectivity index (χ3v) is 2.89. The number of nitrogens with zero attached hydrogens (tertiary/aromatic N) is 1. The van der Waals surface area contributed by atoms with Gasteiger partial charge in [-0.2, -0.15) is 0 Å². The molecular formula is C13H18BNO. The molecule has 1 amide bonds. The maximum absolute atomic E-state index is 11.7. The second-order valence-electron chi connectivity index (χ2n) is 5.89. The summed E-state index contributed by atoms with van der Waals surface area (Å²) < 4.78 is 0. The first kappa shape index (κ1) is 11.2. The van der Waals surface area contributed by atoms with E-state index in [2.05, 4.69) is 32.9 Å². The summed E-state index contributed by atoms with van der Waals surface area (Å²) in [6, 6.07) is 6.24. The largest absolute Gasteiger partial charge is 0.386 e. The molecule has 0 bridgehead atoms. The van der Waals surface area contributed by atoms with E-state index < -0.39 is 0 Å². The molecule has 2 nitrogen and oxygen atoms in total. The van der Waals surface area contributed by atoms with Crippen molar-refractivity contribution in [3.05, 3.63) is 34.9 Å². The SMILES string of the molecule is BN1Cc2cc(CC(C)(C)C)ccc2C1=O.